The number of nitrogens with one attached hydrogen (secondary N) is 1. The molecule has 0 aliphatic heterocycles. The third kappa shape index (κ3) is 1.26. The minimum atomic E-state index is 0.329. The van der Waals surface area contributed by atoms with Crippen LogP contribution in [-0.4, -0.2) is 16.6 Å². The molecule has 2 rings (SSSR count). The van der Waals surface area contributed by atoms with Crippen LogP contribution in [-0.2, 0) is 6.42 Å². The SMILES string of the molecule is Cc1ccc(O)c2c(CCN)c[nH]c12. The fourth-order valence-corrected chi connectivity index (χ4v) is 1.79. The van der Waals surface area contributed by atoms with Crippen molar-refractivity contribution >= 4 is 10.9 Å². The zero-order valence-corrected chi connectivity index (χ0v) is 8.17. The number of H-pyrrole nitrogens is 1. The van der Waals surface area contributed by atoms with Gasteiger partial charge in [0, 0.05) is 11.6 Å². The fourth-order valence-electron chi connectivity index (χ4n) is 1.79. The van der Waals surface area contributed by atoms with Gasteiger partial charge in [0.1, 0.15) is 5.75 Å². The molecule has 0 aliphatic rings. The number of phenols is 1. The van der Waals surface area contributed by atoms with Crippen LogP contribution in [0.3, 0.4) is 0 Å². The molecule has 0 fully saturated rings. The van der Waals surface area contributed by atoms with E-state index in [9.17, 15) is 5.11 Å². The van der Waals surface area contributed by atoms with Gasteiger partial charge in [-0.1, -0.05) is 6.07 Å². The number of hydrogen-bond acceptors (Lipinski definition) is 2. The zero-order valence-electron chi connectivity index (χ0n) is 8.17. The first kappa shape index (κ1) is 9.09. The van der Waals surface area contributed by atoms with Crippen LogP contribution in [0.1, 0.15) is 11.1 Å². The summed E-state index contributed by atoms with van der Waals surface area (Å²) in [5, 5.41) is 10.6. The molecule has 1 aromatic heterocycles. The maximum Gasteiger partial charge on any atom is 0.125 e. The molecule has 4 N–H and O–H groups in total. The molecular formula is C11H14N2O. The Kier molecular flexibility index (Phi) is 2.17. The lowest BCUT2D eigenvalue weighted by molar-refractivity contribution is 0.481. The van der Waals surface area contributed by atoms with E-state index >= 15 is 0 Å². The highest BCUT2D eigenvalue weighted by Gasteiger charge is 2.08. The predicted octanol–water partition coefficient (Wildman–Crippen LogP) is 1.68. The van der Waals surface area contributed by atoms with Crippen molar-refractivity contribution in [2.24, 2.45) is 5.73 Å². The number of aryl methyl sites for hydroxylation is 1. The molecule has 0 aliphatic carbocycles. The molecule has 0 amide bonds. The maximum absolute atomic E-state index is 9.73. The summed E-state index contributed by atoms with van der Waals surface area (Å²) < 4.78 is 0. The lowest BCUT2D eigenvalue weighted by Crippen LogP contribution is -2.01. The number of aromatic hydroxyl groups is 1. The van der Waals surface area contributed by atoms with Crippen molar-refractivity contribution in [1.29, 1.82) is 0 Å². The van der Waals surface area contributed by atoms with E-state index in [0.717, 1.165) is 28.5 Å². The van der Waals surface area contributed by atoms with Gasteiger partial charge in [-0.15, -0.1) is 0 Å². The van der Waals surface area contributed by atoms with Crippen molar-refractivity contribution in [3.63, 3.8) is 0 Å². The molecule has 0 saturated carbocycles. The zero-order chi connectivity index (χ0) is 10.1. The van der Waals surface area contributed by atoms with Gasteiger partial charge in [0.05, 0.1) is 5.52 Å². The predicted molar refractivity (Wildman–Crippen MR) is 57.5 cm³/mol. The van der Waals surface area contributed by atoms with Crippen LogP contribution in [0.25, 0.3) is 10.9 Å². The Bertz CT molecular complexity index is 460. The van der Waals surface area contributed by atoms with Crippen molar-refractivity contribution in [2.75, 3.05) is 6.54 Å². The molecule has 74 valence electrons. The molecule has 0 atom stereocenters. The average Bonchev–Trinajstić information content (AvgIpc) is 2.58. The number of nitrogens with two attached hydrogens (primary N) is 1. The molecule has 0 bridgehead atoms. The van der Waals surface area contributed by atoms with E-state index in [1.54, 1.807) is 6.07 Å². The smallest absolute Gasteiger partial charge is 0.125 e. The Hall–Kier alpha value is -1.48. The van der Waals surface area contributed by atoms with Crippen molar-refractivity contribution in [1.82, 2.24) is 4.98 Å². The van der Waals surface area contributed by atoms with Gasteiger partial charge in [-0.05, 0) is 37.1 Å². The number of benzene rings is 1. The highest BCUT2D eigenvalue weighted by Crippen LogP contribution is 2.29. The van der Waals surface area contributed by atoms with E-state index in [1.807, 2.05) is 19.2 Å². The summed E-state index contributed by atoms with van der Waals surface area (Å²) in [5.74, 6) is 0.329. The molecule has 0 radical (unpaired) electrons. The number of aromatic amines is 1. The monoisotopic (exact) mass is 190 g/mol. The average molecular weight is 190 g/mol. The van der Waals surface area contributed by atoms with Crippen LogP contribution in [0.4, 0.5) is 0 Å². The standard InChI is InChI=1S/C11H14N2O/c1-7-2-3-9(14)10-8(4-5-12)6-13-11(7)10/h2-3,6,13-14H,4-5,12H2,1H3. The van der Waals surface area contributed by atoms with Crippen LogP contribution in [0.5, 0.6) is 5.75 Å². The van der Waals surface area contributed by atoms with Gasteiger partial charge in [-0.3, -0.25) is 0 Å². The molecule has 1 aromatic carbocycles. The fraction of sp³-hybridized carbons (Fsp3) is 0.273. The topological polar surface area (TPSA) is 62.0 Å². The highest BCUT2D eigenvalue weighted by atomic mass is 16.3. The molecule has 14 heavy (non-hydrogen) atoms. The van der Waals surface area contributed by atoms with Gasteiger partial charge in [0.15, 0.2) is 0 Å². The van der Waals surface area contributed by atoms with Crippen molar-refractivity contribution in [3.05, 3.63) is 29.5 Å². The summed E-state index contributed by atoms with van der Waals surface area (Å²) in [6.07, 6.45) is 2.71. The number of rotatable bonds is 2. The number of aromatic nitrogens is 1. The summed E-state index contributed by atoms with van der Waals surface area (Å²) in [4.78, 5) is 3.17. The van der Waals surface area contributed by atoms with Crippen LogP contribution in [0.15, 0.2) is 18.3 Å². The first-order valence-electron chi connectivity index (χ1n) is 4.72. The van der Waals surface area contributed by atoms with E-state index in [-0.39, 0.29) is 0 Å². The van der Waals surface area contributed by atoms with E-state index in [0.29, 0.717) is 12.3 Å². The third-order valence-corrected chi connectivity index (χ3v) is 2.52. The molecule has 3 heteroatoms. The second-order valence-electron chi connectivity index (χ2n) is 3.50. The van der Waals surface area contributed by atoms with Gasteiger partial charge in [-0.2, -0.15) is 0 Å². The van der Waals surface area contributed by atoms with Crippen LogP contribution in [0.2, 0.25) is 0 Å². The van der Waals surface area contributed by atoms with Crippen LogP contribution in [0, 0.1) is 6.92 Å². The van der Waals surface area contributed by atoms with E-state index in [1.165, 1.54) is 0 Å². The second-order valence-corrected chi connectivity index (χ2v) is 3.50. The van der Waals surface area contributed by atoms with Gasteiger partial charge in [0.2, 0.25) is 0 Å². The summed E-state index contributed by atoms with van der Waals surface area (Å²) in [6, 6.07) is 3.63. The Balaban J connectivity index is 2.70. The Morgan fingerprint density at radius 3 is 2.93 bits per heavy atom. The molecular weight excluding hydrogens is 176 g/mol. The lowest BCUT2D eigenvalue weighted by Gasteiger charge is -2.01. The Labute approximate surface area is 82.6 Å². The molecule has 0 spiro atoms. The molecule has 2 aromatic rings. The van der Waals surface area contributed by atoms with E-state index in [2.05, 4.69) is 4.98 Å². The molecule has 0 saturated heterocycles. The van der Waals surface area contributed by atoms with Crippen molar-refractivity contribution < 1.29 is 5.11 Å². The van der Waals surface area contributed by atoms with Crippen molar-refractivity contribution in [2.45, 2.75) is 13.3 Å². The van der Waals surface area contributed by atoms with Gasteiger partial charge >= 0.3 is 0 Å². The number of phenolic OH excluding ortho intramolecular Hbond substituents is 1. The molecule has 1 heterocycles. The van der Waals surface area contributed by atoms with Crippen LogP contribution < -0.4 is 5.73 Å². The first-order valence-corrected chi connectivity index (χ1v) is 4.72. The normalized spacial score (nSPS) is 11.0. The van der Waals surface area contributed by atoms with Gasteiger partial charge in [-0.25, -0.2) is 0 Å². The van der Waals surface area contributed by atoms with Gasteiger partial charge in [0.25, 0.3) is 0 Å². The highest BCUT2D eigenvalue weighted by molar-refractivity contribution is 5.91. The Morgan fingerprint density at radius 1 is 1.43 bits per heavy atom. The number of fused-ring (bicyclic) bond motifs is 1. The maximum atomic E-state index is 9.73. The minimum Gasteiger partial charge on any atom is -0.507 e. The van der Waals surface area contributed by atoms with Gasteiger partial charge < -0.3 is 15.8 Å². The summed E-state index contributed by atoms with van der Waals surface area (Å²) in [6.45, 7) is 2.62. The number of hydrogen-bond donors (Lipinski definition) is 3. The lowest BCUT2D eigenvalue weighted by atomic mass is 10.1. The van der Waals surface area contributed by atoms with Crippen LogP contribution >= 0.6 is 0 Å². The summed E-state index contributed by atoms with van der Waals surface area (Å²) >= 11 is 0. The first-order chi connectivity index (χ1) is 6.74. The largest absolute Gasteiger partial charge is 0.507 e. The summed E-state index contributed by atoms with van der Waals surface area (Å²) in [5.41, 5.74) is 8.74. The second kappa shape index (κ2) is 3.35. The molecule has 0 unspecified atom stereocenters. The van der Waals surface area contributed by atoms with Crippen molar-refractivity contribution in [3.8, 4) is 5.75 Å². The minimum absolute atomic E-state index is 0.329. The van der Waals surface area contributed by atoms with E-state index in [4.69, 9.17) is 5.73 Å². The third-order valence-electron chi connectivity index (χ3n) is 2.52. The Morgan fingerprint density at radius 2 is 2.21 bits per heavy atom. The summed E-state index contributed by atoms with van der Waals surface area (Å²) in [7, 11) is 0. The van der Waals surface area contributed by atoms with E-state index < -0.39 is 0 Å². The quantitative estimate of drug-likeness (QED) is 0.674. The molecule has 3 nitrogen and oxygen atoms in total.